The van der Waals surface area contributed by atoms with E-state index in [9.17, 15) is 5.11 Å². The zero-order valence-electron chi connectivity index (χ0n) is 13.6. The average Bonchev–Trinajstić information content (AvgIpc) is 3.43. The van der Waals surface area contributed by atoms with Crippen LogP contribution in [0.2, 0.25) is 0 Å². The van der Waals surface area contributed by atoms with Crippen LogP contribution in [-0.2, 0) is 0 Å². The van der Waals surface area contributed by atoms with Crippen LogP contribution in [-0.4, -0.2) is 25.3 Å². The molecule has 0 radical (unpaired) electrons. The third kappa shape index (κ3) is 2.50. The van der Waals surface area contributed by atoms with Crippen LogP contribution >= 0.6 is 11.6 Å². The predicted octanol–water partition coefficient (Wildman–Crippen LogP) is 4.19. The van der Waals surface area contributed by atoms with Crippen molar-refractivity contribution in [3.05, 3.63) is 54.1 Å². The van der Waals surface area contributed by atoms with Crippen molar-refractivity contribution in [2.24, 2.45) is 0 Å². The summed E-state index contributed by atoms with van der Waals surface area (Å²) in [5.74, 6) is 1.95. The van der Waals surface area contributed by atoms with Gasteiger partial charge < -0.3 is 10.4 Å². The Kier molecular flexibility index (Phi) is 3.39. The van der Waals surface area contributed by atoms with Crippen LogP contribution in [0.15, 0.2) is 42.6 Å². The lowest BCUT2D eigenvalue weighted by atomic mass is 10.1. The van der Waals surface area contributed by atoms with E-state index < -0.39 is 0 Å². The summed E-state index contributed by atoms with van der Waals surface area (Å²) < 4.78 is 0. The van der Waals surface area contributed by atoms with E-state index in [0.29, 0.717) is 33.8 Å². The molecule has 0 aromatic heterocycles. The summed E-state index contributed by atoms with van der Waals surface area (Å²) in [4.78, 5) is 9.09. The Morgan fingerprint density at radius 3 is 2.58 bits per heavy atom. The number of rotatable bonds is 1. The largest absolute Gasteiger partial charge is 0.507 e. The van der Waals surface area contributed by atoms with Gasteiger partial charge in [-0.15, -0.1) is 5.10 Å². The second-order valence-corrected chi connectivity index (χ2v) is 6.80. The van der Waals surface area contributed by atoms with E-state index in [1.54, 1.807) is 12.3 Å². The van der Waals surface area contributed by atoms with Gasteiger partial charge in [0.2, 0.25) is 0 Å². The van der Waals surface area contributed by atoms with E-state index in [-0.39, 0.29) is 5.75 Å². The van der Waals surface area contributed by atoms with Gasteiger partial charge in [0.1, 0.15) is 16.6 Å². The van der Waals surface area contributed by atoms with Crippen LogP contribution in [0.3, 0.4) is 0 Å². The third-order valence-electron chi connectivity index (χ3n) is 4.58. The monoisotopic (exact) mass is 363 g/mol. The molecule has 3 heterocycles. The standard InChI is InChI=1S/C19H14ClN5O/c20-14-9-21-17-12-4-2-1-3-11(12)15(26)8-7-13-16(10-5-6-10)24-25-18(13)23-19(14)22-17/h1-4,7-10,26H,5-6H2,(H,21,22,23,25). The summed E-state index contributed by atoms with van der Waals surface area (Å²) in [6.45, 7) is 0. The quantitative estimate of drug-likeness (QED) is 0.674. The van der Waals surface area contributed by atoms with Gasteiger partial charge in [0.05, 0.1) is 5.69 Å². The van der Waals surface area contributed by atoms with Crippen molar-refractivity contribution in [1.82, 2.24) is 20.2 Å². The number of hydrogen-bond donors (Lipinski definition) is 2. The van der Waals surface area contributed by atoms with Crippen LogP contribution in [0.5, 0.6) is 5.75 Å². The molecule has 128 valence electrons. The number of fused-ring (bicyclic) bond motifs is 5. The van der Waals surface area contributed by atoms with E-state index in [2.05, 4.69) is 25.5 Å². The van der Waals surface area contributed by atoms with E-state index in [1.807, 2.05) is 30.3 Å². The minimum absolute atomic E-state index is 0.142. The molecule has 7 heteroatoms. The van der Waals surface area contributed by atoms with Crippen molar-refractivity contribution in [1.29, 1.82) is 0 Å². The van der Waals surface area contributed by atoms with E-state index in [4.69, 9.17) is 11.6 Å². The second kappa shape index (κ2) is 5.78. The highest BCUT2D eigenvalue weighted by Gasteiger charge is 2.30. The van der Waals surface area contributed by atoms with E-state index >= 15 is 0 Å². The van der Waals surface area contributed by atoms with E-state index in [1.165, 1.54) is 0 Å². The highest BCUT2D eigenvalue weighted by atomic mass is 35.5. The van der Waals surface area contributed by atoms with E-state index in [0.717, 1.165) is 29.5 Å². The van der Waals surface area contributed by atoms with Crippen molar-refractivity contribution >= 4 is 33.2 Å². The lowest BCUT2D eigenvalue weighted by Gasteiger charge is -2.09. The predicted molar refractivity (Wildman–Crippen MR) is 100 cm³/mol. The summed E-state index contributed by atoms with van der Waals surface area (Å²) in [7, 11) is 0. The second-order valence-electron chi connectivity index (χ2n) is 6.39. The van der Waals surface area contributed by atoms with Crippen molar-refractivity contribution in [2.45, 2.75) is 18.8 Å². The number of aromatic nitrogens is 4. The fraction of sp³-hybridized carbons (Fsp3) is 0.158. The molecule has 1 aromatic rings. The summed E-state index contributed by atoms with van der Waals surface area (Å²) in [6, 6.07) is 11.0. The van der Waals surface area contributed by atoms with Gasteiger partial charge in [-0.1, -0.05) is 35.9 Å². The van der Waals surface area contributed by atoms with Crippen molar-refractivity contribution in [2.75, 3.05) is 5.32 Å². The third-order valence-corrected chi connectivity index (χ3v) is 4.86. The summed E-state index contributed by atoms with van der Waals surface area (Å²) in [5, 5.41) is 24.1. The Bertz CT molecular complexity index is 1110. The Labute approximate surface area is 154 Å². The van der Waals surface area contributed by atoms with Gasteiger partial charge in [-0.2, -0.15) is 5.10 Å². The van der Waals surface area contributed by atoms with Gasteiger partial charge in [0, 0.05) is 28.5 Å². The van der Waals surface area contributed by atoms with Crippen LogP contribution in [0, 0.1) is 0 Å². The first-order valence-electron chi connectivity index (χ1n) is 8.37. The molecule has 1 aromatic carbocycles. The molecule has 0 unspecified atom stereocenters. The molecule has 0 spiro atoms. The molecule has 2 bridgehead atoms. The van der Waals surface area contributed by atoms with Gasteiger partial charge in [0.15, 0.2) is 11.6 Å². The minimum atomic E-state index is 0.142. The number of hydrogen-bond acceptors (Lipinski definition) is 6. The molecule has 1 fully saturated rings. The Balaban J connectivity index is 1.91. The fourth-order valence-electron chi connectivity index (χ4n) is 3.09. The van der Waals surface area contributed by atoms with Crippen molar-refractivity contribution in [3.63, 3.8) is 0 Å². The first kappa shape index (κ1) is 15.3. The van der Waals surface area contributed by atoms with Crippen LogP contribution in [0.25, 0.3) is 27.2 Å². The van der Waals surface area contributed by atoms with Gasteiger partial charge in [0.25, 0.3) is 0 Å². The Morgan fingerprint density at radius 1 is 0.962 bits per heavy atom. The molecule has 1 aliphatic carbocycles. The molecule has 5 rings (SSSR count). The number of aromatic hydroxyl groups is 1. The first-order valence-corrected chi connectivity index (χ1v) is 8.75. The van der Waals surface area contributed by atoms with Gasteiger partial charge >= 0.3 is 0 Å². The zero-order chi connectivity index (χ0) is 17.7. The molecule has 1 saturated carbocycles. The lowest BCUT2D eigenvalue weighted by molar-refractivity contribution is 0.482. The highest BCUT2D eigenvalue weighted by molar-refractivity contribution is 6.48. The number of nitrogens with zero attached hydrogens (tertiary/aromatic N) is 4. The fourth-order valence-corrected chi connectivity index (χ4v) is 3.23. The van der Waals surface area contributed by atoms with Gasteiger partial charge in [-0.3, -0.25) is 0 Å². The molecular formula is C19H14ClN5O. The normalized spacial score (nSPS) is 15.3. The maximum atomic E-state index is 10.7. The molecule has 0 atom stereocenters. The highest BCUT2D eigenvalue weighted by Crippen LogP contribution is 2.43. The minimum Gasteiger partial charge on any atom is -0.507 e. The summed E-state index contributed by atoms with van der Waals surface area (Å²) in [5.41, 5.74) is 1.73. The van der Waals surface area contributed by atoms with Crippen LogP contribution < -0.4 is 5.32 Å². The molecular weight excluding hydrogens is 350 g/mol. The number of nitrogens with one attached hydrogen (secondary N) is 1. The maximum Gasteiger partial charge on any atom is 0.185 e. The first-order chi connectivity index (χ1) is 12.7. The lowest BCUT2D eigenvalue weighted by Crippen LogP contribution is -2.02. The Morgan fingerprint density at radius 2 is 1.77 bits per heavy atom. The van der Waals surface area contributed by atoms with Gasteiger partial charge in [-0.25, -0.2) is 9.97 Å². The average molecular weight is 364 g/mol. The maximum absolute atomic E-state index is 10.7. The summed E-state index contributed by atoms with van der Waals surface area (Å²) in [6.07, 6.45) is 3.83. The molecule has 4 aliphatic rings. The summed E-state index contributed by atoms with van der Waals surface area (Å²) >= 11 is 6.29. The van der Waals surface area contributed by atoms with Crippen molar-refractivity contribution in [3.8, 4) is 17.1 Å². The van der Waals surface area contributed by atoms with Crippen LogP contribution in [0.1, 0.15) is 30.3 Å². The SMILES string of the molecule is Oc1ccc2c(C3CC3)nnc-2nc2nc(c3ccccc13)NC=C2Cl. The van der Waals surface area contributed by atoms with Crippen LogP contribution in [0.4, 0.5) is 5.82 Å². The Hall–Kier alpha value is -2.99. The molecule has 26 heavy (non-hydrogen) atoms. The van der Waals surface area contributed by atoms with Gasteiger partial charge in [-0.05, 0) is 25.0 Å². The smallest absolute Gasteiger partial charge is 0.185 e. The molecule has 2 N–H and O–H groups in total. The number of anilines is 1. The van der Waals surface area contributed by atoms with Crippen molar-refractivity contribution < 1.29 is 5.11 Å². The number of halogens is 1. The molecule has 6 nitrogen and oxygen atoms in total. The molecule has 3 aliphatic heterocycles. The molecule has 0 saturated heterocycles. The topological polar surface area (TPSA) is 83.8 Å². The zero-order valence-corrected chi connectivity index (χ0v) is 14.4. The molecule has 0 amide bonds. The number of benzene rings is 1.